The van der Waals surface area contributed by atoms with Gasteiger partial charge in [-0.2, -0.15) is 0 Å². The summed E-state index contributed by atoms with van der Waals surface area (Å²) in [5, 5.41) is 3.54. The van der Waals surface area contributed by atoms with Crippen molar-refractivity contribution in [3.8, 4) is 11.5 Å². The predicted octanol–water partition coefficient (Wildman–Crippen LogP) is 2.88. The van der Waals surface area contributed by atoms with E-state index in [9.17, 15) is 0 Å². The van der Waals surface area contributed by atoms with E-state index in [-0.39, 0.29) is 0 Å². The van der Waals surface area contributed by atoms with Crippen LogP contribution in [0.25, 0.3) is 0 Å². The van der Waals surface area contributed by atoms with Crippen molar-refractivity contribution in [1.82, 2.24) is 5.32 Å². The van der Waals surface area contributed by atoms with Gasteiger partial charge in [0.15, 0.2) is 0 Å². The van der Waals surface area contributed by atoms with Crippen LogP contribution in [0.4, 0.5) is 0 Å². The number of nitrogens with one attached hydrogen (secondary N) is 1. The summed E-state index contributed by atoms with van der Waals surface area (Å²) in [5.41, 5.74) is 4.22. The number of hydrogen-bond acceptors (Lipinski definition) is 3. The molecule has 3 unspecified atom stereocenters. The van der Waals surface area contributed by atoms with E-state index in [2.05, 4.69) is 25.2 Å². The van der Waals surface area contributed by atoms with Crippen LogP contribution >= 0.6 is 0 Å². The largest absolute Gasteiger partial charge is 0.490 e. The first kappa shape index (κ1) is 13.4. The molecule has 0 amide bonds. The lowest BCUT2D eigenvalue weighted by Crippen LogP contribution is -2.31. The molecular weight excluding hydrogens is 262 g/mol. The summed E-state index contributed by atoms with van der Waals surface area (Å²) < 4.78 is 12.2. The van der Waals surface area contributed by atoms with Crippen LogP contribution in [0.3, 0.4) is 0 Å². The second-order valence-electron chi connectivity index (χ2n) is 7.00. The van der Waals surface area contributed by atoms with Gasteiger partial charge in [-0.05, 0) is 58.2 Å². The summed E-state index contributed by atoms with van der Waals surface area (Å²) in [6.07, 6.45) is 6.45. The zero-order valence-electron chi connectivity index (χ0n) is 13.1. The first-order chi connectivity index (χ1) is 10.2. The molecule has 0 spiro atoms. The Balaban J connectivity index is 1.70. The van der Waals surface area contributed by atoms with E-state index >= 15 is 0 Å². The molecule has 114 valence electrons. The smallest absolute Gasteiger partial charge is 0.126 e. The van der Waals surface area contributed by atoms with Gasteiger partial charge >= 0.3 is 0 Å². The molecule has 1 aromatic carbocycles. The summed E-state index contributed by atoms with van der Waals surface area (Å²) in [7, 11) is 0. The number of rotatable bonds is 2. The van der Waals surface area contributed by atoms with E-state index in [0.29, 0.717) is 12.2 Å². The molecule has 21 heavy (non-hydrogen) atoms. The molecule has 0 bridgehead atoms. The van der Waals surface area contributed by atoms with E-state index in [1.54, 1.807) is 0 Å². The molecule has 0 saturated carbocycles. The molecule has 4 rings (SSSR count). The van der Waals surface area contributed by atoms with Crippen molar-refractivity contribution in [1.29, 1.82) is 0 Å². The van der Waals surface area contributed by atoms with Gasteiger partial charge in [0.2, 0.25) is 0 Å². The summed E-state index contributed by atoms with van der Waals surface area (Å²) in [6.45, 7) is 6.65. The Bertz CT molecular complexity index is 512. The highest BCUT2D eigenvalue weighted by atomic mass is 16.5. The van der Waals surface area contributed by atoms with E-state index in [4.69, 9.17) is 9.47 Å². The zero-order valence-corrected chi connectivity index (χ0v) is 13.1. The Hall–Kier alpha value is -1.22. The Morgan fingerprint density at radius 2 is 2.05 bits per heavy atom. The number of ether oxygens (including phenoxy) is 2. The van der Waals surface area contributed by atoms with Crippen LogP contribution in [0.15, 0.2) is 6.07 Å². The highest BCUT2D eigenvalue weighted by Crippen LogP contribution is 2.44. The summed E-state index contributed by atoms with van der Waals surface area (Å²) >= 11 is 0. The molecule has 1 N–H and O–H groups in total. The van der Waals surface area contributed by atoms with Crippen molar-refractivity contribution in [3.05, 3.63) is 22.8 Å². The average molecular weight is 287 g/mol. The normalized spacial score (nSPS) is 30.5. The maximum Gasteiger partial charge on any atom is 0.126 e. The Morgan fingerprint density at radius 1 is 1.19 bits per heavy atom. The van der Waals surface area contributed by atoms with Gasteiger partial charge in [0, 0.05) is 29.5 Å². The molecule has 3 nitrogen and oxygen atoms in total. The number of hydrogen-bond donors (Lipinski definition) is 1. The number of piperidine rings is 1. The molecule has 0 radical (unpaired) electrons. The van der Waals surface area contributed by atoms with Gasteiger partial charge in [0.1, 0.15) is 23.7 Å². The molecule has 1 fully saturated rings. The zero-order chi connectivity index (χ0) is 14.4. The Labute approximate surface area is 127 Å². The van der Waals surface area contributed by atoms with E-state index < -0.39 is 0 Å². The molecule has 3 atom stereocenters. The van der Waals surface area contributed by atoms with E-state index in [1.165, 1.54) is 41.8 Å². The lowest BCUT2D eigenvalue weighted by atomic mass is 9.87. The summed E-state index contributed by atoms with van der Waals surface area (Å²) in [4.78, 5) is 0. The lowest BCUT2D eigenvalue weighted by Gasteiger charge is -2.24. The Kier molecular flexibility index (Phi) is 3.33. The molecule has 0 aliphatic carbocycles. The van der Waals surface area contributed by atoms with Gasteiger partial charge in [0.05, 0.1) is 0 Å². The van der Waals surface area contributed by atoms with Gasteiger partial charge in [-0.25, -0.2) is 0 Å². The molecule has 3 heterocycles. The van der Waals surface area contributed by atoms with Crippen molar-refractivity contribution >= 4 is 0 Å². The maximum atomic E-state index is 6.16. The van der Waals surface area contributed by atoms with Gasteiger partial charge < -0.3 is 14.8 Å². The monoisotopic (exact) mass is 287 g/mol. The van der Waals surface area contributed by atoms with Gasteiger partial charge in [-0.15, -0.1) is 0 Å². The molecule has 1 aromatic rings. The third kappa shape index (κ3) is 2.42. The third-order valence-corrected chi connectivity index (χ3v) is 5.07. The van der Waals surface area contributed by atoms with Crippen LogP contribution in [0.1, 0.15) is 43.4 Å². The topological polar surface area (TPSA) is 30.5 Å². The summed E-state index contributed by atoms with van der Waals surface area (Å²) in [5.74, 6) is 3.05. The SMILES string of the molecule is CC1Cc2c(cc3c(c2CC2CCCNC2)OC(C)C3)O1. The fraction of sp³-hybridized carbons (Fsp3) is 0.667. The molecule has 3 aliphatic rings. The van der Waals surface area contributed by atoms with E-state index in [1.807, 2.05) is 0 Å². The minimum absolute atomic E-state index is 0.309. The van der Waals surface area contributed by atoms with Crippen LogP contribution in [-0.2, 0) is 19.3 Å². The highest BCUT2D eigenvalue weighted by molar-refractivity contribution is 5.57. The Morgan fingerprint density at radius 3 is 2.86 bits per heavy atom. The van der Waals surface area contributed by atoms with Crippen molar-refractivity contribution in [2.24, 2.45) is 5.92 Å². The first-order valence-corrected chi connectivity index (χ1v) is 8.42. The fourth-order valence-corrected chi connectivity index (χ4v) is 4.12. The molecule has 1 saturated heterocycles. The van der Waals surface area contributed by atoms with Crippen LogP contribution in [-0.4, -0.2) is 25.3 Å². The van der Waals surface area contributed by atoms with Crippen LogP contribution in [0, 0.1) is 5.92 Å². The van der Waals surface area contributed by atoms with Crippen molar-refractivity contribution in [2.75, 3.05) is 13.1 Å². The van der Waals surface area contributed by atoms with Gasteiger partial charge in [0.25, 0.3) is 0 Å². The van der Waals surface area contributed by atoms with Crippen LogP contribution in [0.5, 0.6) is 11.5 Å². The lowest BCUT2D eigenvalue weighted by molar-refractivity contribution is 0.250. The van der Waals surface area contributed by atoms with Crippen molar-refractivity contribution < 1.29 is 9.47 Å². The predicted molar refractivity (Wildman–Crippen MR) is 83.3 cm³/mol. The first-order valence-electron chi connectivity index (χ1n) is 8.42. The summed E-state index contributed by atoms with van der Waals surface area (Å²) in [6, 6.07) is 2.24. The molecular formula is C18H25NO2. The van der Waals surface area contributed by atoms with E-state index in [0.717, 1.165) is 37.5 Å². The molecule has 3 heteroatoms. The molecule has 3 aliphatic heterocycles. The number of benzene rings is 1. The minimum atomic E-state index is 0.309. The maximum absolute atomic E-state index is 6.16. The molecule has 0 aromatic heterocycles. The highest BCUT2D eigenvalue weighted by Gasteiger charge is 2.32. The standard InChI is InChI=1S/C18H25NO2/c1-11-6-14-9-17-15(7-12(2)20-17)16(18(14)21-11)8-13-4-3-5-19-10-13/h9,11-13,19H,3-8,10H2,1-2H3. The van der Waals surface area contributed by atoms with Crippen molar-refractivity contribution in [3.63, 3.8) is 0 Å². The fourth-order valence-electron chi connectivity index (χ4n) is 4.12. The average Bonchev–Trinajstić information content (AvgIpc) is 3.01. The van der Waals surface area contributed by atoms with Gasteiger partial charge in [-0.3, -0.25) is 0 Å². The number of fused-ring (bicyclic) bond motifs is 2. The second kappa shape index (κ2) is 5.20. The minimum Gasteiger partial charge on any atom is -0.490 e. The van der Waals surface area contributed by atoms with Gasteiger partial charge in [-0.1, -0.05) is 0 Å². The van der Waals surface area contributed by atoms with Crippen LogP contribution < -0.4 is 14.8 Å². The second-order valence-corrected chi connectivity index (χ2v) is 7.00. The van der Waals surface area contributed by atoms with Crippen LogP contribution in [0.2, 0.25) is 0 Å². The third-order valence-electron chi connectivity index (χ3n) is 5.07. The quantitative estimate of drug-likeness (QED) is 0.907. The van der Waals surface area contributed by atoms with Crippen molar-refractivity contribution in [2.45, 2.75) is 58.2 Å².